The van der Waals surface area contributed by atoms with Crippen LogP contribution in [0.5, 0.6) is 11.5 Å². The van der Waals surface area contributed by atoms with E-state index in [9.17, 15) is 4.79 Å². The molecule has 0 aliphatic rings. The highest BCUT2D eigenvalue weighted by molar-refractivity contribution is 9.10. The Morgan fingerprint density at radius 1 is 0.771 bits per heavy atom. The second-order valence-electron chi connectivity index (χ2n) is 12.0. The van der Waals surface area contributed by atoms with Crippen LogP contribution in [0.3, 0.4) is 0 Å². The molecule has 0 saturated carbocycles. The summed E-state index contributed by atoms with van der Waals surface area (Å²) in [5.74, 6) is 1.76. The summed E-state index contributed by atoms with van der Waals surface area (Å²) in [5, 5.41) is 8.70. The van der Waals surface area contributed by atoms with Gasteiger partial charge < -0.3 is 20.1 Å². The Balaban J connectivity index is 1.24. The van der Waals surface area contributed by atoms with Crippen LogP contribution in [-0.4, -0.2) is 36.6 Å². The first-order valence-electron chi connectivity index (χ1n) is 16.1. The van der Waals surface area contributed by atoms with Gasteiger partial charge in [-0.25, -0.2) is 0 Å². The Hall–Kier alpha value is -4.95. The summed E-state index contributed by atoms with van der Waals surface area (Å²) in [7, 11) is 3.40. The van der Waals surface area contributed by atoms with E-state index in [1.54, 1.807) is 20.4 Å². The van der Waals surface area contributed by atoms with E-state index in [2.05, 4.69) is 74.9 Å². The van der Waals surface area contributed by atoms with Crippen LogP contribution in [0, 0.1) is 0 Å². The molecule has 0 radical (unpaired) electrons. The van der Waals surface area contributed by atoms with Crippen LogP contribution in [0.1, 0.15) is 49.7 Å². The van der Waals surface area contributed by atoms with Gasteiger partial charge in [-0.3, -0.25) is 14.8 Å². The molecule has 1 amide bonds. The minimum absolute atomic E-state index is 0.0886. The summed E-state index contributed by atoms with van der Waals surface area (Å²) in [5.41, 5.74) is 7.42. The van der Waals surface area contributed by atoms with E-state index in [4.69, 9.17) is 14.5 Å². The fraction of sp³-hybridized carbons (Fsp3) is 0.225. The lowest BCUT2D eigenvalue weighted by molar-refractivity contribution is -0.116. The Kier molecular flexibility index (Phi) is 10.2. The molecule has 244 valence electrons. The highest BCUT2D eigenvalue weighted by Gasteiger charge is 2.22. The van der Waals surface area contributed by atoms with Crippen LogP contribution in [0.25, 0.3) is 32.9 Å². The van der Waals surface area contributed by atoms with Crippen LogP contribution in [0.2, 0.25) is 0 Å². The summed E-state index contributed by atoms with van der Waals surface area (Å²) < 4.78 is 12.6. The van der Waals surface area contributed by atoms with Crippen molar-refractivity contribution in [2.24, 2.45) is 0 Å². The lowest BCUT2D eigenvalue weighted by Crippen LogP contribution is -2.15. The van der Waals surface area contributed by atoms with Gasteiger partial charge in [-0.05, 0) is 77.4 Å². The number of pyridine rings is 2. The molecule has 0 aliphatic heterocycles. The number of hydrogen-bond acceptors (Lipinski definition) is 6. The van der Waals surface area contributed by atoms with Gasteiger partial charge in [0, 0.05) is 46.2 Å². The van der Waals surface area contributed by atoms with E-state index < -0.39 is 0 Å². The molecule has 2 atom stereocenters. The maximum Gasteiger partial charge on any atom is 0.225 e. The molecule has 0 aliphatic carbocycles. The smallest absolute Gasteiger partial charge is 0.225 e. The molecule has 48 heavy (non-hydrogen) atoms. The molecule has 0 spiro atoms. The van der Waals surface area contributed by atoms with E-state index in [0.29, 0.717) is 11.6 Å². The average Bonchev–Trinajstić information content (AvgIpc) is 3.11. The number of nitrogens with zero attached hydrogens (tertiary/aromatic N) is 2. The molecular weight excluding hydrogens is 664 g/mol. The summed E-state index contributed by atoms with van der Waals surface area (Å²) in [6.07, 6.45) is 4.78. The third kappa shape index (κ3) is 6.99. The van der Waals surface area contributed by atoms with Gasteiger partial charge in [0.2, 0.25) is 5.91 Å². The number of amides is 1. The zero-order valence-corrected chi connectivity index (χ0v) is 29.2. The van der Waals surface area contributed by atoms with E-state index in [1.807, 2.05) is 67.7 Å². The van der Waals surface area contributed by atoms with Gasteiger partial charge >= 0.3 is 0 Å². The third-order valence-corrected chi connectivity index (χ3v) is 9.30. The average molecular weight is 704 g/mol. The molecule has 7 nitrogen and oxygen atoms in total. The minimum atomic E-state index is -0.130. The van der Waals surface area contributed by atoms with Crippen LogP contribution < -0.4 is 20.1 Å². The highest BCUT2D eigenvalue weighted by atomic mass is 79.9. The number of anilines is 2. The molecule has 2 heterocycles. The highest BCUT2D eigenvalue weighted by Crippen LogP contribution is 2.43. The predicted octanol–water partition coefficient (Wildman–Crippen LogP) is 9.97. The van der Waals surface area contributed by atoms with Gasteiger partial charge in [0.1, 0.15) is 11.5 Å². The summed E-state index contributed by atoms with van der Waals surface area (Å²) in [4.78, 5) is 22.6. The van der Waals surface area contributed by atoms with Gasteiger partial charge in [-0.15, -0.1) is 0 Å². The van der Waals surface area contributed by atoms with Crippen molar-refractivity contribution >= 4 is 55.0 Å². The molecule has 0 saturated heterocycles. The van der Waals surface area contributed by atoms with Crippen LogP contribution in [0.15, 0.2) is 108 Å². The fourth-order valence-electron chi connectivity index (χ4n) is 6.41. The largest absolute Gasteiger partial charge is 0.496 e. The number of hydrogen-bond donors (Lipinski definition) is 2. The minimum Gasteiger partial charge on any atom is -0.496 e. The van der Waals surface area contributed by atoms with Crippen LogP contribution >= 0.6 is 15.9 Å². The van der Waals surface area contributed by atoms with Crippen LogP contribution in [0.4, 0.5) is 11.4 Å². The molecule has 6 aromatic rings. The lowest BCUT2D eigenvalue weighted by atomic mass is 9.91. The summed E-state index contributed by atoms with van der Waals surface area (Å²) in [6, 6.07) is 30.2. The molecule has 4 aromatic carbocycles. The van der Waals surface area contributed by atoms with Gasteiger partial charge in [0.25, 0.3) is 0 Å². The number of halogens is 1. The number of rotatable bonds is 12. The summed E-state index contributed by atoms with van der Waals surface area (Å²) in [6.45, 7) is 5.05. The first kappa shape index (κ1) is 33.0. The van der Waals surface area contributed by atoms with Crippen molar-refractivity contribution in [2.45, 2.75) is 38.5 Å². The topological polar surface area (TPSA) is 85.4 Å². The zero-order valence-electron chi connectivity index (χ0n) is 27.6. The maximum absolute atomic E-state index is 13.3. The van der Waals surface area contributed by atoms with Crippen molar-refractivity contribution in [3.8, 4) is 22.6 Å². The van der Waals surface area contributed by atoms with Crippen LogP contribution in [-0.2, 0) is 4.79 Å². The van der Waals surface area contributed by atoms with Crippen molar-refractivity contribution in [3.05, 3.63) is 119 Å². The number of aromatic nitrogens is 2. The predicted molar refractivity (Wildman–Crippen MR) is 199 cm³/mol. The number of ether oxygens (including phenoxy) is 2. The maximum atomic E-state index is 13.3. The number of benzene rings is 4. The summed E-state index contributed by atoms with van der Waals surface area (Å²) >= 11 is 3.74. The Labute approximate surface area is 289 Å². The normalized spacial score (nSPS) is 12.4. The molecule has 2 unspecified atom stereocenters. The molecule has 6 rings (SSSR count). The quantitative estimate of drug-likeness (QED) is 0.132. The first-order valence-corrected chi connectivity index (χ1v) is 16.9. The van der Waals surface area contributed by atoms with E-state index >= 15 is 0 Å². The van der Waals surface area contributed by atoms with E-state index in [1.165, 1.54) is 5.56 Å². The lowest BCUT2D eigenvalue weighted by Gasteiger charge is -2.21. The Bertz CT molecular complexity index is 2080. The second kappa shape index (κ2) is 14.9. The van der Waals surface area contributed by atoms with Gasteiger partial charge in [0.05, 0.1) is 36.6 Å². The molecule has 8 heteroatoms. The number of fused-ring (bicyclic) bond motifs is 2. The van der Waals surface area contributed by atoms with E-state index in [-0.39, 0.29) is 18.2 Å². The van der Waals surface area contributed by atoms with Gasteiger partial charge in [-0.1, -0.05) is 78.3 Å². The number of carbonyl (C=O) groups excluding carboxylic acids is 1. The zero-order chi connectivity index (χ0) is 33.6. The number of para-hydroxylation sites is 3. The molecule has 0 fully saturated rings. The number of nitrogens with one attached hydrogen (secondary N) is 2. The Morgan fingerprint density at radius 2 is 1.54 bits per heavy atom. The monoisotopic (exact) mass is 702 g/mol. The standard InChI is InChI=1S/C40H39BrN4O3/c1-25(29-12-5-6-16-36(29)47-3)17-20-42-34-14-8-13-31-30(18-21-44-39(31)34)33-24-28(41)23-32(40(33)48-4)26(2)22-37(46)45-35-15-7-10-27-11-9-19-43-38(27)35/h5-16,18-19,21,23-26,42H,17,20,22H2,1-4H3,(H,45,46). The van der Waals surface area contributed by atoms with E-state index in [0.717, 1.165) is 73.1 Å². The number of carbonyl (C=O) groups is 1. The van der Waals surface area contributed by atoms with Gasteiger partial charge in [-0.2, -0.15) is 0 Å². The Morgan fingerprint density at radius 3 is 2.38 bits per heavy atom. The molecule has 2 aromatic heterocycles. The molecule has 2 N–H and O–H groups in total. The fourth-order valence-corrected chi connectivity index (χ4v) is 6.88. The first-order chi connectivity index (χ1) is 23.4. The van der Waals surface area contributed by atoms with Crippen molar-refractivity contribution in [1.82, 2.24) is 9.97 Å². The van der Waals surface area contributed by atoms with Crippen molar-refractivity contribution in [3.63, 3.8) is 0 Å². The van der Waals surface area contributed by atoms with Crippen molar-refractivity contribution < 1.29 is 14.3 Å². The third-order valence-electron chi connectivity index (χ3n) is 8.84. The van der Waals surface area contributed by atoms with Gasteiger partial charge in [0.15, 0.2) is 0 Å². The number of methoxy groups -OCH3 is 2. The molecule has 0 bridgehead atoms. The SMILES string of the molecule is COc1ccccc1C(C)CCNc1cccc2c(-c3cc(Br)cc(C(C)CC(=O)Nc4cccc5cccnc45)c3OC)ccnc12. The van der Waals surface area contributed by atoms with Crippen molar-refractivity contribution in [1.29, 1.82) is 0 Å². The van der Waals surface area contributed by atoms with Crippen molar-refractivity contribution in [2.75, 3.05) is 31.4 Å². The second-order valence-corrected chi connectivity index (χ2v) is 12.9. The molecular formula is C40H39BrN4O3.